The van der Waals surface area contributed by atoms with E-state index in [2.05, 4.69) is 10.4 Å². The highest BCUT2D eigenvalue weighted by Crippen LogP contribution is 2.42. The maximum Gasteiger partial charge on any atom is 0.256 e. The van der Waals surface area contributed by atoms with Crippen LogP contribution in [-0.4, -0.2) is 46.0 Å². The van der Waals surface area contributed by atoms with Crippen molar-refractivity contribution in [2.45, 2.75) is 39.2 Å². The summed E-state index contributed by atoms with van der Waals surface area (Å²) in [6.45, 7) is 4.53. The molecule has 34 heavy (non-hydrogen) atoms. The summed E-state index contributed by atoms with van der Waals surface area (Å²) in [5.41, 5.74) is 3.38. The van der Waals surface area contributed by atoms with Crippen LogP contribution in [0.3, 0.4) is 0 Å². The summed E-state index contributed by atoms with van der Waals surface area (Å²) < 4.78 is 13.8. The number of amides is 2. The molecular formula is C26H26N4O4. The van der Waals surface area contributed by atoms with Crippen LogP contribution < -0.4 is 10.1 Å². The zero-order valence-electron chi connectivity index (χ0n) is 19.4. The van der Waals surface area contributed by atoms with E-state index >= 15 is 0 Å². The number of likely N-dealkylation sites (tertiary alicyclic amines) is 1. The monoisotopic (exact) mass is 458 g/mol. The van der Waals surface area contributed by atoms with Crippen molar-refractivity contribution < 1.29 is 18.7 Å². The number of aryl methyl sites for hydroxylation is 2. The van der Waals surface area contributed by atoms with Gasteiger partial charge in [0.2, 0.25) is 0 Å². The van der Waals surface area contributed by atoms with Crippen LogP contribution in [0.1, 0.15) is 51.3 Å². The highest BCUT2D eigenvalue weighted by atomic mass is 16.5. The SMILES string of the molecule is CNC(=O)c1c(C)oc2cc(Oc3ccnn4cc(C(=O)N5CCC5C5CC5)c(C)c34)ccc12. The van der Waals surface area contributed by atoms with Crippen LogP contribution in [0, 0.1) is 19.8 Å². The van der Waals surface area contributed by atoms with Gasteiger partial charge in [0.05, 0.1) is 17.3 Å². The van der Waals surface area contributed by atoms with Gasteiger partial charge in [-0.15, -0.1) is 0 Å². The molecule has 2 amide bonds. The predicted molar refractivity (Wildman–Crippen MR) is 127 cm³/mol. The van der Waals surface area contributed by atoms with Crippen LogP contribution in [0.4, 0.5) is 0 Å². The summed E-state index contributed by atoms with van der Waals surface area (Å²) in [6.07, 6.45) is 7.03. The van der Waals surface area contributed by atoms with Gasteiger partial charge in [-0.1, -0.05) is 0 Å². The molecule has 6 rings (SSSR count). The number of rotatable bonds is 5. The Kier molecular flexibility index (Phi) is 4.65. The van der Waals surface area contributed by atoms with Gasteiger partial charge in [0, 0.05) is 43.4 Å². The number of ether oxygens (including phenoxy) is 1. The summed E-state index contributed by atoms with van der Waals surface area (Å²) in [5.74, 6) is 2.29. The van der Waals surface area contributed by atoms with Crippen molar-refractivity contribution in [1.29, 1.82) is 0 Å². The molecule has 8 nitrogen and oxygen atoms in total. The van der Waals surface area contributed by atoms with Crippen molar-refractivity contribution in [2.75, 3.05) is 13.6 Å². The molecule has 1 aliphatic carbocycles. The molecule has 1 saturated heterocycles. The largest absolute Gasteiger partial charge is 0.460 e. The maximum atomic E-state index is 13.3. The first-order valence-electron chi connectivity index (χ1n) is 11.7. The molecule has 1 aliphatic heterocycles. The standard InChI is InChI=1S/C26H26N4O4/c1-14-19(26(32)29-11-9-20(29)16-4-5-16)13-30-24(14)21(8-10-28-30)34-17-6-7-18-22(12-17)33-15(2)23(18)25(31)27-3/h6-8,10,12-13,16,20H,4-5,9,11H2,1-3H3,(H,27,31). The van der Waals surface area contributed by atoms with Crippen LogP contribution in [0.5, 0.6) is 11.5 Å². The number of furan rings is 1. The summed E-state index contributed by atoms with van der Waals surface area (Å²) in [5, 5.41) is 7.80. The van der Waals surface area contributed by atoms with Gasteiger partial charge < -0.3 is 19.4 Å². The summed E-state index contributed by atoms with van der Waals surface area (Å²) in [6, 6.07) is 7.59. The van der Waals surface area contributed by atoms with Gasteiger partial charge in [-0.2, -0.15) is 5.10 Å². The Morgan fingerprint density at radius 1 is 1.18 bits per heavy atom. The second kappa shape index (κ2) is 7.62. The lowest BCUT2D eigenvalue weighted by Gasteiger charge is -2.41. The Morgan fingerprint density at radius 3 is 2.71 bits per heavy atom. The third kappa shape index (κ3) is 3.16. The van der Waals surface area contributed by atoms with E-state index in [-0.39, 0.29) is 11.8 Å². The average Bonchev–Trinajstić information content (AvgIpc) is 3.47. The van der Waals surface area contributed by atoms with Gasteiger partial charge in [0.25, 0.3) is 11.8 Å². The fraction of sp³-hybridized carbons (Fsp3) is 0.346. The minimum atomic E-state index is -0.187. The molecular weight excluding hydrogens is 432 g/mol. The van der Waals surface area contributed by atoms with Crippen LogP contribution in [0.2, 0.25) is 0 Å². The molecule has 1 unspecified atom stereocenters. The quantitative estimate of drug-likeness (QED) is 0.477. The van der Waals surface area contributed by atoms with E-state index in [1.807, 2.05) is 24.0 Å². The van der Waals surface area contributed by atoms with E-state index in [1.165, 1.54) is 12.8 Å². The summed E-state index contributed by atoms with van der Waals surface area (Å²) in [7, 11) is 1.60. The number of hydrogen-bond donors (Lipinski definition) is 1. The first-order valence-corrected chi connectivity index (χ1v) is 11.7. The molecule has 1 atom stereocenters. The molecule has 4 aromatic rings. The Balaban J connectivity index is 1.34. The molecule has 1 saturated carbocycles. The average molecular weight is 459 g/mol. The van der Waals surface area contributed by atoms with Gasteiger partial charge in [-0.3, -0.25) is 9.59 Å². The van der Waals surface area contributed by atoms with E-state index in [4.69, 9.17) is 9.15 Å². The molecule has 3 aromatic heterocycles. The lowest BCUT2D eigenvalue weighted by atomic mass is 9.96. The molecule has 8 heteroatoms. The normalized spacial score (nSPS) is 17.7. The smallest absolute Gasteiger partial charge is 0.256 e. The number of nitrogens with zero attached hydrogens (tertiary/aromatic N) is 3. The number of carbonyl (C=O) groups is 2. The van der Waals surface area contributed by atoms with E-state index in [1.54, 1.807) is 43.0 Å². The van der Waals surface area contributed by atoms with Crippen LogP contribution in [-0.2, 0) is 0 Å². The minimum absolute atomic E-state index is 0.0753. The van der Waals surface area contributed by atoms with Gasteiger partial charge in [-0.25, -0.2) is 4.52 Å². The lowest BCUT2D eigenvalue weighted by molar-refractivity contribution is 0.0411. The fourth-order valence-corrected chi connectivity index (χ4v) is 5.10. The van der Waals surface area contributed by atoms with E-state index in [9.17, 15) is 9.59 Å². The van der Waals surface area contributed by atoms with Crippen molar-refractivity contribution in [3.05, 3.63) is 59.1 Å². The highest BCUT2D eigenvalue weighted by molar-refractivity contribution is 6.07. The second-order valence-corrected chi connectivity index (χ2v) is 9.22. The molecule has 174 valence electrons. The Bertz CT molecular complexity index is 1460. The van der Waals surface area contributed by atoms with Gasteiger partial charge in [-0.05, 0) is 56.7 Å². The predicted octanol–water partition coefficient (Wildman–Crippen LogP) is 4.47. The number of aromatic nitrogens is 2. The zero-order valence-corrected chi connectivity index (χ0v) is 19.4. The van der Waals surface area contributed by atoms with E-state index in [0.29, 0.717) is 45.9 Å². The fourth-order valence-electron chi connectivity index (χ4n) is 5.10. The molecule has 0 bridgehead atoms. The number of fused-ring (bicyclic) bond motifs is 2. The molecule has 4 heterocycles. The Hall–Kier alpha value is -3.81. The Labute approximate surface area is 196 Å². The van der Waals surface area contributed by atoms with Gasteiger partial charge in [0.1, 0.15) is 22.6 Å². The first-order chi connectivity index (χ1) is 16.5. The Morgan fingerprint density at radius 2 is 2.00 bits per heavy atom. The molecule has 1 aromatic carbocycles. The number of nitrogens with one attached hydrogen (secondary N) is 1. The topological polar surface area (TPSA) is 89.1 Å². The summed E-state index contributed by atoms with van der Waals surface area (Å²) >= 11 is 0. The van der Waals surface area contributed by atoms with Crippen molar-refractivity contribution in [3.8, 4) is 11.5 Å². The minimum Gasteiger partial charge on any atom is -0.460 e. The molecule has 0 radical (unpaired) electrons. The van der Waals surface area contributed by atoms with Crippen molar-refractivity contribution in [1.82, 2.24) is 19.8 Å². The van der Waals surface area contributed by atoms with Crippen LogP contribution in [0.25, 0.3) is 16.5 Å². The van der Waals surface area contributed by atoms with Gasteiger partial charge in [0.15, 0.2) is 5.75 Å². The zero-order chi connectivity index (χ0) is 23.6. The van der Waals surface area contributed by atoms with Crippen molar-refractivity contribution >= 4 is 28.3 Å². The maximum absolute atomic E-state index is 13.3. The molecule has 0 spiro atoms. The molecule has 1 N–H and O–H groups in total. The van der Waals surface area contributed by atoms with Crippen molar-refractivity contribution in [2.24, 2.45) is 5.92 Å². The van der Waals surface area contributed by atoms with Crippen LogP contribution >= 0.6 is 0 Å². The first kappa shape index (κ1) is 20.8. The molecule has 2 fully saturated rings. The lowest BCUT2D eigenvalue weighted by Crippen LogP contribution is -2.52. The third-order valence-corrected chi connectivity index (χ3v) is 7.13. The highest BCUT2D eigenvalue weighted by Gasteiger charge is 2.43. The third-order valence-electron chi connectivity index (χ3n) is 7.13. The van der Waals surface area contributed by atoms with Crippen LogP contribution in [0.15, 0.2) is 41.1 Å². The van der Waals surface area contributed by atoms with Crippen molar-refractivity contribution in [3.63, 3.8) is 0 Å². The van der Waals surface area contributed by atoms with E-state index < -0.39 is 0 Å². The summed E-state index contributed by atoms with van der Waals surface area (Å²) in [4.78, 5) is 27.5. The second-order valence-electron chi connectivity index (χ2n) is 9.22. The van der Waals surface area contributed by atoms with E-state index in [0.717, 1.165) is 29.4 Å². The number of hydrogen-bond acceptors (Lipinski definition) is 5. The van der Waals surface area contributed by atoms with Gasteiger partial charge >= 0.3 is 0 Å². The molecule has 2 aliphatic rings. The number of benzene rings is 1. The number of carbonyl (C=O) groups excluding carboxylic acids is 2.